The number of hydrogen-bond acceptors (Lipinski definition) is 4. The number of esters is 1. The van der Waals surface area contributed by atoms with Crippen LogP contribution in [0.1, 0.15) is 34.8 Å². The van der Waals surface area contributed by atoms with Crippen LogP contribution in [0, 0.1) is 31.1 Å². The van der Waals surface area contributed by atoms with Gasteiger partial charge in [-0.15, -0.1) is 0 Å². The molecule has 0 bridgehead atoms. The van der Waals surface area contributed by atoms with E-state index >= 15 is 0 Å². The number of methoxy groups -OCH3 is 1. The first-order valence-corrected chi connectivity index (χ1v) is 6.73. The molecule has 0 unspecified atom stereocenters. The maximum atomic E-state index is 12.3. The molecule has 0 fully saturated rings. The predicted molar refractivity (Wildman–Crippen MR) is 78.6 cm³/mol. The number of nitrogens with one attached hydrogen (secondary N) is 1. The topological polar surface area (TPSA) is 79.2 Å². The summed E-state index contributed by atoms with van der Waals surface area (Å²) < 4.78 is 4.70. The van der Waals surface area contributed by atoms with Crippen LogP contribution in [0.3, 0.4) is 0 Å². The highest BCUT2D eigenvalue weighted by Crippen LogP contribution is 2.13. The van der Waals surface area contributed by atoms with Crippen molar-refractivity contribution in [1.29, 1.82) is 5.26 Å². The molecule has 0 aliphatic carbocycles. The second kappa shape index (κ2) is 7.44. The summed E-state index contributed by atoms with van der Waals surface area (Å²) in [5.41, 5.74) is 2.44. The number of hydrogen-bond donors (Lipinski definition) is 1. The zero-order chi connectivity index (χ0) is 16.0. The first-order chi connectivity index (χ1) is 9.88. The van der Waals surface area contributed by atoms with E-state index < -0.39 is 12.0 Å². The van der Waals surface area contributed by atoms with Crippen molar-refractivity contribution in [2.24, 2.45) is 5.92 Å². The van der Waals surface area contributed by atoms with Gasteiger partial charge in [-0.1, -0.05) is 24.1 Å². The van der Waals surface area contributed by atoms with Gasteiger partial charge in [0, 0.05) is 17.9 Å². The van der Waals surface area contributed by atoms with Crippen molar-refractivity contribution in [1.82, 2.24) is 5.32 Å². The molecule has 21 heavy (non-hydrogen) atoms. The number of rotatable bonds is 5. The van der Waals surface area contributed by atoms with Crippen molar-refractivity contribution in [3.63, 3.8) is 0 Å². The Kier molecular flexibility index (Phi) is 5.92. The number of amides is 1. The Morgan fingerprint density at radius 1 is 1.29 bits per heavy atom. The Hall–Kier alpha value is -2.35. The van der Waals surface area contributed by atoms with Crippen molar-refractivity contribution >= 4 is 11.9 Å². The molecule has 0 heterocycles. The average Bonchev–Trinajstić information content (AvgIpc) is 2.42. The zero-order valence-corrected chi connectivity index (χ0v) is 12.8. The SMILES string of the molecule is COC(=O)[C@@H](NC(=O)c1cc(C)cc(C)c1)[C@H](C)CC#N. The van der Waals surface area contributed by atoms with Crippen molar-refractivity contribution in [3.8, 4) is 6.07 Å². The van der Waals surface area contributed by atoms with Gasteiger partial charge in [0.2, 0.25) is 0 Å². The average molecular weight is 288 g/mol. The summed E-state index contributed by atoms with van der Waals surface area (Å²) in [4.78, 5) is 24.1. The number of aryl methyl sites for hydroxylation is 2. The fourth-order valence-corrected chi connectivity index (χ4v) is 2.15. The smallest absolute Gasteiger partial charge is 0.328 e. The van der Waals surface area contributed by atoms with E-state index in [9.17, 15) is 9.59 Å². The Labute approximate surface area is 124 Å². The molecule has 1 rings (SSSR count). The predicted octanol–water partition coefficient (Wildman–Crippen LogP) is 2.12. The summed E-state index contributed by atoms with van der Waals surface area (Å²) in [5.74, 6) is -1.21. The van der Waals surface area contributed by atoms with Gasteiger partial charge in [-0.05, 0) is 26.0 Å². The minimum atomic E-state index is -0.831. The van der Waals surface area contributed by atoms with Crippen LogP contribution in [0.5, 0.6) is 0 Å². The minimum absolute atomic E-state index is 0.160. The highest BCUT2D eigenvalue weighted by Gasteiger charge is 2.28. The van der Waals surface area contributed by atoms with Crippen LogP contribution in [0.2, 0.25) is 0 Å². The van der Waals surface area contributed by atoms with Crippen LogP contribution in [-0.4, -0.2) is 25.0 Å². The zero-order valence-electron chi connectivity index (χ0n) is 12.8. The van der Waals surface area contributed by atoms with E-state index in [1.54, 1.807) is 19.1 Å². The number of nitrogens with zero attached hydrogens (tertiary/aromatic N) is 1. The molecule has 0 aliphatic rings. The molecule has 0 saturated carbocycles. The molecule has 0 spiro atoms. The molecule has 0 saturated heterocycles. The first-order valence-electron chi connectivity index (χ1n) is 6.73. The lowest BCUT2D eigenvalue weighted by molar-refractivity contribution is -0.144. The van der Waals surface area contributed by atoms with Crippen molar-refractivity contribution in [2.75, 3.05) is 7.11 Å². The second-order valence-corrected chi connectivity index (χ2v) is 5.19. The monoisotopic (exact) mass is 288 g/mol. The summed E-state index contributed by atoms with van der Waals surface area (Å²) in [6.45, 7) is 5.53. The molecule has 5 nitrogen and oxygen atoms in total. The molecule has 2 atom stereocenters. The molecule has 112 valence electrons. The summed E-state index contributed by atoms with van der Waals surface area (Å²) in [5, 5.41) is 11.4. The molecule has 5 heteroatoms. The fraction of sp³-hybridized carbons (Fsp3) is 0.438. The number of benzene rings is 1. The Bertz CT molecular complexity index is 555. The minimum Gasteiger partial charge on any atom is -0.467 e. The van der Waals surface area contributed by atoms with Crippen molar-refractivity contribution < 1.29 is 14.3 Å². The molecule has 0 radical (unpaired) electrons. The Morgan fingerprint density at radius 3 is 2.33 bits per heavy atom. The van der Waals surface area contributed by atoms with Crippen LogP contribution in [-0.2, 0) is 9.53 Å². The van der Waals surface area contributed by atoms with E-state index in [-0.39, 0.29) is 18.2 Å². The van der Waals surface area contributed by atoms with Gasteiger partial charge in [0.25, 0.3) is 5.91 Å². The highest BCUT2D eigenvalue weighted by molar-refractivity contribution is 5.97. The number of carbonyl (C=O) groups excluding carboxylic acids is 2. The lowest BCUT2D eigenvalue weighted by Crippen LogP contribution is -2.45. The Morgan fingerprint density at radius 2 is 1.86 bits per heavy atom. The molecule has 1 aromatic carbocycles. The van der Waals surface area contributed by atoms with E-state index in [0.29, 0.717) is 5.56 Å². The molecule has 0 aliphatic heterocycles. The third-order valence-electron chi connectivity index (χ3n) is 3.21. The fourth-order valence-electron chi connectivity index (χ4n) is 2.15. The maximum absolute atomic E-state index is 12.3. The lowest BCUT2D eigenvalue weighted by Gasteiger charge is -2.21. The van der Waals surface area contributed by atoms with Gasteiger partial charge in [-0.3, -0.25) is 4.79 Å². The molecule has 1 aromatic rings. The van der Waals surface area contributed by atoms with Crippen molar-refractivity contribution in [2.45, 2.75) is 33.2 Å². The van der Waals surface area contributed by atoms with E-state index in [1.807, 2.05) is 26.0 Å². The van der Waals surface area contributed by atoms with Gasteiger partial charge >= 0.3 is 5.97 Å². The van der Waals surface area contributed by atoms with Gasteiger partial charge < -0.3 is 10.1 Å². The Balaban J connectivity index is 2.95. The quantitative estimate of drug-likeness (QED) is 0.842. The van der Waals surface area contributed by atoms with Crippen LogP contribution < -0.4 is 5.32 Å². The van der Waals surface area contributed by atoms with Gasteiger partial charge in [0.05, 0.1) is 13.2 Å². The van der Waals surface area contributed by atoms with Gasteiger partial charge in [-0.2, -0.15) is 5.26 Å². The molecule has 1 amide bonds. The lowest BCUT2D eigenvalue weighted by atomic mass is 9.98. The third-order valence-corrected chi connectivity index (χ3v) is 3.21. The van der Waals surface area contributed by atoms with Crippen LogP contribution in [0.25, 0.3) is 0 Å². The van der Waals surface area contributed by atoms with Crippen LogP contribution in [0.15, 0.2) is 18.2 Å². The van der Waals surface area contributed by atoms with E-state index in [2.05, 4.69) is 5.32 Å². The number of nitriles is 1. The van der Waals surface area contributed by atoms with Gasteiger partial charge in [0.15, 0.2) is 0 Å². The van der Waals surface area contributed by atoms with Crippen molar-refractivity contribution in [3.05, 3.63) is 34.9 Å². The van der Waals surface area contributed by atoms with E-state index in [0.717, 1.165) is 11.1 Å². The third kappa shape index (κ3) is 4.60. The summed E-state index contributed by atoms with van der Waals surface area (Å²) in [7, 11) is 1.26. The molecular weight excluding hydrogens is 268 g/mol. The number of ether oxygens (including phenoxy) is 1. The van der Waals surface area contributed by atoms with E-state index in [4.69, 9.17) is 10.00 Å². The van der Waals surface area contributed by atoms with E-state index in [1.165, 1.54) is 7.11 Å². The second-order valence-electron chi connectivity index (χ2n) is 5.19. The van der Waals surface area contributed by atoms with Gasteiger partial charge in [-0.25, -0.2) is 4.79 Å². The summed E-state index contributed by atoms with van der Waals surface area (Å²) >= 11 is 0. The molecular formula is C16H20N2O3. The molecule has 0 aromatic heterocycles. The standard InChI is InChI=1S/C16H20N2O3/c1-10-7-11(2)9-13(8-10)15(19)18-14(16(20)21-4)12(3)5-6-17/h7-9,12,14H,5H2,1-4H3,(H,18,19)/t12-,14+/m1/s1. The normalized spacial score (nSPS) is 12.9. The summed E-state index contributed by atoms with van der Waals surface area (Å²) in [6.07, 6.45) is 0.160. The van der Waals surface area contributed by atoms with Crippen LogP contribution >= 0.6 is 0 Å². The maximum Gasteiger partial charge on any atom is 0.328 e. The van der Waals surface area contributed by atoms with Gasteiger partial charge in [0.1, 0.15) is 6.04 Å². The highest BCUT2D eigenvalue weighted by atomic mass is 16.5. The summed E-state index contributed by atoms with van der Waals surface area (Å²) in [6, 6.07) is 6.64. The number of carbonyl (C=O) groups is 2. The first kappa shape index (κ1) is 16.7. The largest absolute Gasteiger partial charge is 0.467 e. The van der Waals surface area contributed by atoms with Crippen LogP contribution in [0.4, 0.5) is 0 Å². The molecule has 1 N–H and O–H groups in total.